The maximum atomic E-state index is 5.95. The molecule has 0 spiro atoms. The first-order chi connectivity index (χ1) is 9.56. The van der Waals surface area contributed by atoms with E-state index in [-0.39, 0.29) is 6.04 Å². The summed E-state index contributed by atoms with van der Waals surface area (Å²) >= 11 is 11.3. The van der Waals surface area contributed by atoms with E-state index in [9.17, 15) is 0 Å². The van der Waals surface area contributed by atoms with E-state index in [2.05, 4.69) is 36.6 Å². The van der Waals surface area contributed by atoms with Crippen molar-refractivity contribution in [2.45, 2.75) is 19.9 Å². The number of benzene rings is 2. The van der Waals surface area contributed by atoms with Gasteiger partial charge in [-0.15, -0.1) is 0 Å². The normalized spacial score (nSPS) is 11.8. The molecular formula is C16H17ClN2S. The minimum absolute atomic E-state index is 0.149. The number of halogens is 1. The molecule has 0 aliphatic heterocycles. The second-order valence-electron chi connectivity index (χ2n) is 4.69. The van der Waals surface area contributed by atoms with Crippen LogP contribution in [0, 0.1) is 6.92 Å². The standard InChI is InChI=1S/C16H17ClN2S/c1-11-6-3-4-9-15(11)12(2)18-16(20)19-14-8-5-7-13(17)10-14/h3-10,12H,1-2H3,(H2,18,19,20)/t12-/m0/s1. The summed E-state index contributed by atoms with van der Waals surface area (Å²) in [6.07, 6.45) is 0. The van der Waals surface area contributed by atoms with E-state index in [0.29, 0.717) is 10.1 Å². The molecule has 0 saturated carbocycles. The average Bonchev–Trinajstić information content (AvgIpc) is 2.38. The molecule has 20 heavy (non-hydrogen) atoms. The fraction of sp³-hybridized carbons (Fsp3) is 0.188. The third-order valence-electron chi connectivity index (χ3n) is 3.09. The van der Waals surface area contributed by atoms with Gasteiger partial charge in [0.2, 0.25) is 0 Å². The van der Waals surface area contributed by atoms with E-state index < -0.39 is 0 Å². The predicted octanol–water partition coefficient (Wildman–Crippen LogP) is 4.70. The van der Waals surface area contributed by atoms with Gasteiger partial charge in [0.15, 0.2) is 5.11 Å². The Hall–Kier alpha value is -1.58. The largest absolute Gasteiger partial charge is 0.356 e. The summed E-state index contributed by atoms with van der Waals surface area (Å²) in [4.78, 5) is 0. The molecule has 0 radical (unpaired) electrons. The Morgan fingerprint density at radius 1 is 1.15 bits per heavy atom. The van der Waals surface area contributed by atoms with Gasteiger partial charge in [0.05, 0.1) is 6.04 Å². The fourth-order valence-electron chi connectivity index (χ4n) is 2.08. The van der Waals surface area contributed by atoms with Gasteiger partial charge in [-0.3, -0.25) is 0 Å². The van der Waals surface area contributed by atoms with Gasteiger partial charge in [-0.2, -0.15) is 0 Å². The van der Waals surface area contributed by atoms with Crippen molar-refractivity contribution in [3.8, 4) is 0 Å². The van der Waals surface area contributed by atoms with Crippen molar-refractivity contribution in [3.63, 3.8) is 0 Å². The number of hydrogen-bond acceptors (Lipinski definition) is 1. The highest BCUT2D eigenvalue weighted by Crippen LogP contribution is 2.18. The van der Waals surface area contributed by atoms with E-state index >= 15 is 0 Å². The smallest absolute Gasteiger partial charge is 0.171 e. The zero-order valence-corrected chi connectivity index (χ0v) is 13.1. The number of hydrogen-bond donors (Lipinski definition) is 2. The highest BCUT2D eigenvalue weighted by atomic mass is 35.5. The maximum Gasteiger partial charge on any atom is 0.171 e. The van der Waals surface area contributed by atoms with E-state index in [0.717, 1.165) is 5.69 Å². The monoisotopic (exact) mass is 304 g/mol. The zero-order valence-electron chi connectivity index (χ0n) is 11.5. The van der Waals surface area contributed by atoms with Gasteiger partial charge in [-0.1, -0.05) is 41.9 Å². The van der Waals surface area contributed by atoms with Crippen LogP contribution in [0.1, 0.15) is 24.1 Å². The number of anilines is 1. The van der Waals surface area contributed by atoms with E-state index in [4.69, 9.17) is 23.8 Å². The Morgan fingerprint density at radius 2 is 1.90 bits per heavy atom. The van der Waals surface area contributed by atoms with Crippen molar-refractivity contribution in [1.82, 2.24) is 5.32 Å². The summed E-state index contributed by atoms with van der Waals surface area (Å²) in [6, 6.07) is 15.9. The van der Waals surface area contributed by atoms with Gasteiger partial charge in [0, 0.05) is 10.7 Å². The Labute approximate surface area is 130 Å². The number of aryl methyl sites for hydroxylation is 1. The molecule has 2 N–H and O–H groups in total. The Kier molecular flexibility index (Phi) is 4.99. The van der Waals surface area contributed by atoms with Crippen LogP contribution in [0.5, 0.6) is 0 Å². The van der Waals surface area contributed by atoms with Crippen LogP contribution in [0.4, 0.5) is 5.69 Å². The number of nitrogens with one attached hydrogen (secondary N) is 2. The van der Waals surface area contributed by atoms with Crippen molar-refractivity contribution < 1.29 is 0 Å². The lowest BCUT2D eigenvalue weighted by Gasteiger charge is -2.19. The van der Waals surface area contributed by atoms with Crippen LogP contribution in [0.3, 0.4) is 0 Å². The third-order valence-corrected chi connectivity index (χ3v) is 3.54. The molecule has 0 aromatic heterocycles. The lowest BCUT2D eigenvalue weighted by Crippen LogP contribution is -2.31. The zero-order chi connectivity index (χ0) is 14.5. The summed E-state index contributed by atoms with van der Waals surface area (Å²) in [5.41, 5.74) is 3.37. The van der Waals surface area contributed by atoms with E-state index in [1.54, 1.807) is 0 Å². The number of thiocarbonyl (C=S) groups is 1. The van der Waals surface area contributed by atoms with Crippen molar-refractivity contribution in [2.75, 3.05) is 5.32 Å². The molecule has 0 bridgehead atoms. The molecule has 0 saturated heterocycles. The molecule has 1 atom stereocenters. The molecule has 104 valence electrons. The summed E-state index contributed by atoms with van der Waals surface area (Å²) in [6.45, 7) is 4.19. The highest BCUT2D eigenvalue weighted by molar-refractivity contribution is 7.80. The first kappa shape index (κ1) is 14.8. The Balaban J connectivity index is 2.00. The Morgan fingerprint density at radius 3 is 2.60 bits per heavy atom. The molecule has 0 amide bonds. The molecule has 0 aliphatic carbocycles. The first-order valence-electron chi connectivity index (χ1n) is 6.45. The summed E-state index contributed by atoms with van der Waals surface area (Å²) < 4.78 is 0. The molecule has 4 heteroatoms. The topological polar surface area (TPSA) is 24.1 Å². The van der Waals surface area contributed by atoms with Gasteiger partial charge in [-0.25, -0.2) is 0 Å². The lowest BCUT2D eigenvalue weighted by molar-refractivity contribution is 0.717. The van der Waals surface area contributed by atoms with Gasteiger partial charge < -0.3 is 10.6 Å². The maximum absolute atomic E-state index is 5.95. The SMILES string of the molecule is Cc1ccccc1[C@H](C)NC(=S)Nc1cccc(Cl)c1. The minimum Gasteiger partial charge on any atom is -0.356 e. The number of rotatable bonds is 3. The molecule has 0 aliphatic rings. The summed E-state index contributed by atoms with van der Waals surface area (Å²) in [5.74, 6) is 0. The van der Waals surface area contributed by atoms with Crippen molar-refractivity contribution >= 4 is 34.6 Å². The van der Waals surface area contributed by atoms with Crippen LogP contribution < -0.4 is 10.6 Å². The van der Waals surface area contributed by atoms with Gasteiger partial charge >= 0.3 is 0 Å². The molecule has 0 unspecified atom stereocenters. The average molecular weight is 305 g/mol. The summed E-state index contributed by atoms with van der Waals surface area (Å²) in [7, 11) is 0. The Bertz CT molecular complexity index is 613. The van der Waals surface area contributed by atoms with E-state index in [1.807, 2.05) is 36.4 Å². The van der Waals surface area contributed by atoms with Crippen LogP contribution >= 0.6 is 23.8 Å². The molecule has 0 fully saturated rings. The van der Waals surface area contributed by atoms with Crippen molar-refractivity contribution in [2.24, 2.45) is 0 Å². The first-order valence-corrected chi connectivity index (χ1v) is 7.23. The van der Waals surface area contributed by atoms with E-state index in [1.165, 1.54) is 11.1 Å². The molecule has 2 aromatic carbocycles. The molecule has 2 rings (SSSR count). The van der Waals surface area contributed by atoms with Crippen LogP contribution in [0.15, 0.2) is 48.5 Å². The minimum atomic E-state index is 0.149. The van der Waals surface area contributed by atoms with Crippen LogP contribution in [-0.4, -0.2) is 5.11 Å². The van der Waals surface area contributed by atoms with Crippen LogP contribution in [0.25, 0.3) is 0 Å². The quantitative estimate of drug-likeness (QED) is 0.804. The van der Waals surface area contributed by atoms with Gasteiger partial charge in [0.25, 0.3) is 0 Å². The molecule has 0 heterocycles. The second kappa shape index (κ2) is 6.73. The predicted molar refractivity (Wildman–Crippen MR) is 90.4 cm³/mol. The van der Waals surface area contributed by atoms with Crippen molar-refractivity contribution in [3.05, 3.63) is 64.7 Å². The summed E-state index contributed by atoms with van der Waals surface area (Å²) in [5, 5.41) is 7.69. The van der Waals surface area contributed by atoms with Crippen LogP contribution in [-0.2, 0) is 0 Å². The molecular weight excluding hydrogens is 288 g/mol. The second-order valence-corrected chi connectivity index (χ2v) is 5.53. The van der Waals surface area contributed by atoms with Crippen molar-refractivity contribution in [1.29, 1.82) is 0 Å². The molecule has 2 aromatic rings. The van der Waals surface area contributed by atoms with Gasteiger partial charge in [-0.05, 0) is 55.4 Å². The van der Waals surface area contributed by atoms with Gasteiger partial charge in [0.1, 0.15) is 0 Å². The third kappa shape index (κ3) is 3.95. The molecule has 2 nitrogen and oxygen atoms in total. The lowest BCUT2D eigenvalue weighted by atomic mass is 10.0. The fourth-order valence-corrected chi connectivity index (χ4v) is 2.57. The van der Waals surface area contributed by atoms with Crippen LogP contribution in [0.2, 0.25) is 5.02 Å². The highest BCUT2D eigenvalue weighted by Gasteiger charge is 2.09.